The molecule has 0 rings (SSSR count). The summed E-state index contributed by atoms with van der Waals surface area (Å²) in [5.41, 5.74) is 0. The Morgan fingerprint density at radius 1 is 0.643 bits per heavy atom. The van der Waals surface area contributed by atoms with Crippen LogP contribution in [0.25, 0.3) is 0 Å². The maximum Gasteiger partial charge on any atom is 0 e. The second kappa shape index (κ2) is 16.6. The van der Waals surface area contributed by atoms with Gasteiger partial charge in [0.25, 0.3) is 0 Å². The van der Waals surface area contributed by atoms with E-state index in [0.717, 1.165) is 5.75 Å². The van der Waals surface area contributed by atoms with Crippen LogP contribution in [0.5, 0.6) is 0 Å². The molecule has 0 aliphatic rings. The Balaban J connectivity index is 0. The molecule has 0 amide bonds. The summed E-state index contributed by atoms with van der Waals surface area (Å²) in [6.07, 6.45) is 14.2. The van der Waals surface area contributed by atoms with E-state index in [1.165, 1.54) is 64.2 Å². The number of hydrogen-bond donors (Lipinski definition) is 1. The Kier molecular flexibility index (Phi) is 20.8. The van der Waals surface area contributed by atoms with Crippen molar-refractivity contribution in [1.29, 1.82) is 0 Å². The first-order valence-electron chi connectivity index (χ1n) is 6.02. The number of thiol groups is 1. The summed E-state index contributed by atoms with van der Waals surface area (Å²) in [5.74, 6) is 1.07. The third-order valence-corrected chi connectivity index (χ3v) is 2.83. The van der Waals surface area contributed by atoms with Gasteiger partial charge in [-0.05, 0) is 12.2 Å². The summed E-state index contributed by atoms with van der Waals surface area (Å²) in [6, 6.07) is 0. The van der Waals surface area contributed by atoms with E-state index in [-0.39, 0.29) is 24.4 Å². The Morgan fingerprint density at radius 2 is 1.00 bits per heavy atom. The summed E-state index contributed by atoms with van der Waals surface area (Å²) >= 11 is 4.20. The van der Waals surface area contributed by atoms with Gasteiger partial charge in [0.15, 0.2) is 0 Å². The zero-order valence-corrected chi connectivity index (χ0v) is 13.1. The van der Waals surface area contributed by atoms with Crippen LogP contribution in [-0.4, -0.2) is 30.2 Å². The summed E-state index contributed by atoms with van der Waals surface area (Å²) < 4.78 is 0. The molecule has 0 atom stereocenters. The van der Waals surface area contributed by atoms with Gasteiger partial charge in [-0.25, -0.2) is 0 Å². The maximum absolute atomic E-state index is 4.20. The molecule has 2 heteroatoms. The Labute approximate surface area is 113 Å². The van der Waals surface area contributed by atoms with Crippen LogP contribution in [0.4, 0.5) is 0 Å². The summed E-state index contributed by atoms with van der Waals surface area (Å²) in [4.78, 5) is 0. The van der Waals surface area contributed by atoms with Crippen molar-refractivity contribution >= 4 is 37.1 Å². The second-order valence-corrected chi connectivity index (χ2v) is 4.35. The minimum absolute atomic E-state index is 0. The van der Waals surface area contributed by atoms with Crippen molar-refractivity contribution < 1.29 is 0 Å². The standard InChI is InChI=1S/C12H26S.Sb/c1-2-3-4-5-6-7-8-9-10-11-12-13;/h13H,2-12H2,1H3;. The molecule has 0 aliphatic carbocycles. The van der Waals surface area contributed by atoms with Crippen molar-refractivity contribution in [3.8, 4) is 0 Å². The fourth-order valence-electron chi connectivity index (χ4n) is 1.60. The predicted octanol–water partition coefficient (Wildman–Crippen LogP) is 4.46. The number of unbranched alkanes of at least 4 members (excludes halogenated alkanes) is 9. The molecular weight excluding hydrogens is 298 g/mol. The molecule has 0 nitrogen and oxygen atoms in total. The van der Waals surface area contributed by atoms with E-state index < -0.39 is 0 Å². The minimum atomic E-state index is 0. The monoisotopic (exact) mass is 323 g/mol. The third-order valence-electron chi connectivity index (χ3n) is 2.51. The molecule has 14 heavy (non-hydrogen) atoms. The summed E-state index contributed by atoms with van der Waals surface area (Å²) in [5, 5.41) is 0. The summed E-state index contributed by atoms with van der Waals surface area (Å²) in [7, 11) is 0. The first-order valence-corrected chi connectivity index (χ1v) is 6.66. The molecule has 85 valence electrons. The van der Waals surface area contributed by atoms with Gasteiger partial charge in [-0.15, -0.1) is 0 Å². The zero-order valence-electron chi connectivity index (χ0n) is 9.67. The molecule has 0 unspecified atom stereocenters. The smallest absolute Gasteiger partial charge is 0 e. The molecule has 0 heterocycles. The molecule has 0 bridgehead atoms. The average molecular weight is 324 g/mol. The average Bonchev–Trinajstić information content (AvgIpc) is 2.16. The van der Waals surface area contributed by atoms with Crippen LogP contribution in [-0.2, 0) is 0 Å². The van der Waals surface area contributed by atoms with Gasteiger partial charge in [-0.3, -0.25) is 0 Å². The van der Waals surface area contributed by atoms with Crippen molar-refractivity contribution in [1.82, 2.24) is 0 Å². The predicted molar refractivity (Wildman–Crippen MR) is 71.5 cm³/mol. The van der Waals surface area contributed by atoms with Gasteiger partial charge >= 0.3 is 0 Å². The van der Waals surface area contributed by atoms with Crippen molar-refractivity contribution in [2.75, 3.05) is 5.75 Å². The van der Waals surface area contributed by atoms with Crippen molar-refractivity contribution in [2.24, 2.45) is 0 Å². The number of hydrogen-bond acceptors (Lipinski definition) is 1. The molecule has 0 aliphatic heterocycles. The van der Waals surface area contributed by atoms with Gasteiger partial charge in [-0.2, -0.15) is 12.6 Å². The number of rotatable bonds is 10. The molecule has 0 spiro atoms. The van der Waals surface area contributed by atoms with Crippen LogP contribution in [0, 0.1) is 0 Å². The molecule has 0 saturated heterocycles. The third kappa shape index (κ3) is 15.6. The van der Waals surface area contributed by atoms with E-state index in [1.54, 1.807) is 0 Å². The van der Waals surface area contributed by atoms with Gasteiger partial charge in [0.05, 0.1) is 0 Å². The van der Waals surface area contributed by atoms with Crippen LogP contribution < -0.4 is 0 Å². The Hall–Kier alpha value is 1.17. The van der Waals surface area contributed by atoms with Gasteiger partial charge in [-0.1, -0.05) is 64.7 Å². The SMILES string of the molecule is CCCCCCCCCCCCS.[Sb]. The quantitative estimate of drug-likeness (QED) is 0.342. The van der Waals surface area contributed by atoms with Crippen molar-refractivity contribution in [2.45, 2.75) is 71.1 Å². The van der Waals surface area contributed by atoms with Gasteiger partial charge in [0.2, 0.25) is 0 Å². The molecule has 0 N–H and O–H groups in total. The van der Waals surface area contributed by atoms with Gasteiger partial charge < -0.3 is 0 Å². The maximum atomic E-state index is 4.20. The molecule has 0 fully saturated rings. The van der Waals surface area contributed by atoms with E-state index in [1.807, 2.05) is 0 Å². The van der Waals surface area contributed by atoms with E-state index in [9.17, 15) is 0 Å². The summed E-state index contributed by atoms with van der Waals surface area (Å²) in [6.45, 7) is 2.28. The fourth-order valence-corrected chi connectivity index (χ4v) is 1.82. The van der Waals surface area contributed by atoms with Crippen LogP contribution >= 0.6 is 12.6 Å². The Bertz CT molecular complexity index is 76.4. The van der Waals surface area contributed by atoms with E-state index in [4.69, 9.17) is 0 Å². The molecule has 0 aromatic rings. The molecule has 3 radical (unpaired) electrons. The van der Waals surface area contributed by atoms with Crippen LogP contribution in [0.2, 0.25) is 0 Å². The second-order valence-electron chi connectivity index (χ2n) is 3.91. The molecule has 0 saturated carbocycles. The topological polar surface area (TPSA) is 0 Å². The van der Waals surface area contributed by atoms with Crippen molar-refractivity contribution in [3.63, 3.8) is 0 Å². The van der Waals surface area contributed by atoms with Crippen LogP contribution in [0.3, 0.4) is 0 Å². The van der Waals surface area contributed by atoms with Crippen LogP contribution in [0.1, 0.15) is 71.1 Å². The largest absolute Gasteiger partial charge is 0.179 e. The molecular formula is C12H26SSb. The normalized spacial score (nSPS) is 9.86. The van der Waals surface area contributed by atoms with E-state index in [0.29, 0.717) is 0 Å². The van der Waals surface area contributed by atoms with Crippen LogP contribution in [0.15, 0.2) is 0 Å². The molecule has 0 aromatic heterocycles. The fraction of sp³-hybridized carbons (Fsp3) is 1.00. The minimum Gasteiger partial charge on any atom is -0.179 e. The Morgan fingerprint density at radius 3 is 1.36 bits per heavy atom. The van der Waals surface area contributed by atoms with Gasteiger partial charge in [0, 0.05) is 24.4 Å². The molecule has 0 aromatic carbocycles. The van der Waals surface area contributed by atoms with E-state index >= 15 is 0 Å². The zero-order chi connectivity index (χ0) is 9.78. The van der Waals surface area contributed by atoms with E-state index in [2.05, 4.69) is 19.6 Å². The first kappa shape index (κ1) is 17.6. The first-order chi connectivity index (χ1) is 6.41. The van der Waals surface area contributed by atoms with Crippen molar-refractivity contribution in [3.05, 3.63) is 0 Å². The van der Waals surface area contributed by atoms with Gasteiger partial charge in [0.1, 0.15) is 0 Å².